The average molecular weight is 225 g/mol. The molecule has 86 valence electrons. The van der Waals surface area contributed by atoms with Crippen LogP contribution in [0.15, 0.2) is 24.3 Å². The second-order valence-electron chi connectivity index (χ2n) is 3.02. The Kier molecular flexibility index (Phi) is 3.82. The van der Waals surface area contributed by atoms with Gasteiger partial charge in [0.05, 0.1) is 4.92 Å². The third-order valence-corrected chi connectivity index (χ3v) is 1.69. The molecule has 0 radical (unpaired) electrons. The lowest BCUT2D eigenvalue weighted by Crippen LogP contribution is -2.19. The number of carbonyl (C=O) groups is 1. The van der Waals surface area contributed by atoms with Crippen LogP contribution in [0.5, 0.6) is 5.75 Å². The summed E-state index contributed by atoms with van der Waals surface area (Å²) in [5.41, 5.74) is -0.165. The predicted molar refractivity (Wildman–Crippen MR) is 55.0 cm³/mol. The van der Waals surface area contributed by atoms with E-state index in [-0.39, 0.29) is 11.4 Å². The standard InChI is InChI=1S/C10H11NO5/c1-7(12)15-8(2)16-10-6-4-3-5-9(10)11(13)14/h3-6,8H,1-2H3. The molecular formula is C10H11NO5. The van der Waals surface area contributed by atoms with Gasteiger partial charge in [-0.25, -0.2) is 0 Å². The Morgan fingerprint density at radius 3 is 2.62 bits per heavy atom. The van der Waals surface area contributed by atoms with Crippen molar-refractivity contribution < 1.29 is 19.2 Å². The summed E-state index contributed by atoms with van der Waals surface area (Å²) in [7, 11) is 0. The minimum atomic E-state index is -0.862. The first-order valence-corrected chi connectivity index (χ1v) is 4.58. The van der Waals surface area contributed by atoms with Gasteiger partial charge in [0.1, 0.15) is 0 Å². The summed E-state index contributed by atoms with van der Waals surface area (Å²) in [4.78, 5) is 20.7. The molecule has 6 heteroatoms. The van der Waals surface area contributed by atoms with E-state index in [1.54, 1.807) is 6.07 Å². The summed E-state index contributed by atoms with van der Waals surface area (Å²) < 4.78 is 9.84. The monoisotopic (exact) mass is 225 g/mol. The van der Waals surface area contributed by atoms with Crippen molar-refractivity contribution in [3.63, 3.8) is 0 Å². The molecule has 1 atom stereocenters. The normalized spacial score (nSPS) is 11.6. The third-order valence-electron chi connectivity index (χ3n) is 1.69. The number of esters is 1. The second-order valence-corrected chi connectivity index (χ2v) is 3.02. The second kappa shape index (κ2) is 5.11. The van der Waals surface area contributed by atoms with Crippen LogP contribution in [0.4, 0.5) is 5.69 Å². The fourth-order valence-electron chi connectivity index (χ4n) is 1.14. The van der Waals surface area contributed by atoms with Crippen LogP contribution in [0.3, 0.4) is 0 Å². The quantitative estimate of drug-likeness (QED) is 0.338. The van der Waals surface area contributed by atoms with E-state index < -0.39 is 17.2 Å². The molecule has 6 nitrogen and oxygen atoms in total. The van der Waals surface area contributed by atoms with Crippen molar-refractivity contribution in [1.82, 2.24) is 0 Å². The number of carbonyl (C=O) groups excluding carboxylic acids is 1. The number of rotatable bonds is 4. The van der Waals surface area contributed by atoms with Crippen molar-refractivity contribution in [3.05, 3.63) is 34.4 Å². The van der Waals surface area contributed by atoms with E-state index in [0.717, 1.165) is 0 Å². The van der Waals surface area contributed by atoms with E-state index in [4.69, 9.17) is 9.47 Å². The molecule has 1 aromatic carbocycles. The van der Waals surface area contributed by atoms with Gasteiger partial charge in [-0.05, 0) is 6.07 Å². The molecule has 0 aliphatic carbocycles. The first kappa shape index (κ1) is 12.0. The first-order valence-electron chi connectivity index (χ1n) is 4.58. The molecule has 1 aromatic rings. The molecule has 0 amide bonds. The zero-order valence-electron chi connectivity index (χ0n) is 8.88. The highest BCUT2D eigenvalue weighted by molar-refractivity contribution is 5.66. The van der Waals surface area contributed by atoms with Crippen molar-refractivity contribution >= 4 is 11.7 Å². The molecule has 1 unspecified atom stereocenters. The third kappa shape index (κ3) is 3.23. The van der Waals surface area contributed by atoms with Gasteiger partial charge in [-0.2, -0.15) is 0 Å². The van der Waals surface area contributed by atoms with Crippen molar-refractivity contribution in [1.29, 1.82) is 0 Å². The van der Waals surface area contributed by atoms with E-state index in [1.165, 1.54) is 32.0 Å². The first-order chi connectivity index (χ1) is 7.50. The number of para-hydroxylation sites is 2. The van der Waals surface area contributed by atoms with E-state index >= 15 is 0 Å². The van der Waals surface area contributed by atoms with Gasteiger partial charge < -0.3 is 9.47 Å². The Bertz CT molecular complexity index is 404. The van der Waals surface area contributed by atoms with Gasteiger partial charge in [-0.15, -0.1) is 0 Å². The van der Waals surface area contributed by atoms with Crippen LogP contribution in [0, 0.1) is 10.1 Å². The lowest BCUT2D eigenvalue weighted by molar-refractivity contribution is -0.386. The Morgan fingerprint density at radius 2 is 2.06 bits per heavy atom. The van der Waals surface area contributed by atoms with Crippen molar-refractivity contribution in [2.24, 2.45) is 0 Å². The lowest BCUT2D eigenvalue weighted by atomic mass is 10.3. The Labute approximate surface area is 91.9 Å². The van der Waals surface area contributed by atoms with E-state index in [2.05, 4.69) is 0 Å². The van der Waals surface area contributed by atoms with Crippen molar-refractivity contribution in [2.45, 2.75) is 20.1 Å². The fraction of sp³-hybridized carbons (Fsp3) is 0.300. The summed E-state index contributed by atoms with van der Waals surface area (Å²) in [6.45, 7) is 2.72. The topological polar surface area (TPSA) is 78.7 Å². The summed E-state index contributed by atoms with van der Waals surface area (Å²) in [6, 6.07) is 5.89. The van der Waals surface area contributed by atoms with Crippen LogP contribution in [0.2, 0.25) is 0 Å². The number of benzene rings is 1. The molecular weight excluding hydrogens is 214 g/mol. The Hall–Kier alpha value is -2.11. The molecule has 0 heterocycles. The van der Waals surface area contributed by atoms with E-state index in [9.17, 15) is 14.9 Å². The zero-order valence-corrected chi connectivity index (χ0v) is 8.88. The predicted octanol–water partition coefficient (Wildman–Crippen LogP) is 1.88. The van der Waals surface area contributed by atoms with Crippen LogP contribution in [0.1, 0.15) is 13.8 Å². The van der Waals surface area contributed by atoms with Gasteiger partial charge in [0.15, 0.2) is 0 Å². The molecule has 0 fully saturated rings. The summed E-state index contributed by atoms with van der Waals surface area (Å²) in [5, 5.41) is 10.6. The van der Waals surface area contributed by atoms with Gasteiger partial charge >= 0.3 is 11.7 Å². The molecule has 1 rings (SSSR count). The largest absolute Gasteiger partial charge is 0.448 e. The highest BCUT2D eigenvalue weighted by Crippen LogP contribution is 2.26. The maximum atomic E-state index is 10.6. The molecule has 0 aliphatic heterocycles. The van der Waals surface area contributed by atoms with Crippen LogP contribution < -0.4 is 4.74 Å². The zero-order chi connectivity index (χ0) is 12.1. The molecule has 0 saturated heterocycles. The van der Waals surface area contributed by atoms with Crippen molar-refractivity contribution in [3.8, 4) is 5.75 Å². The smallest absolute Gasteiger partial charge is 0.311 e. The SMILES string of the molecule is CC(=O)OC(C)Oc1ccccc1[N+](=O)[O-]. The molecule has 0 spiro atoms. The van der Waals surface area contributed by atoms with Crippen molar-refractivity contribution in [2.75, 3.05) is 0 Å². The lowest BCUT2D eigenvalue weighted by Gasteiger charge is -2.13. The molecule has 16 heavy (non-hydrogen) atoms. The van der Waals surface area contributed by atoms with Crippen LogP contribution in [-0.4, -0.2) is 17.2 Å². The van der Waals surface area contributed by atoms with Gasteiger partial charge in [0.2, 0.25) is 12.0 Å². The van der Waals surface area contributed by atoms with Crippen LogP contribution >= 0.6 is 0 Å². The number of hydrogen-bond donors (Lipinski definition) is 0. The number of hydrogen-bond acceptors (Lipinski definition) is 5. The molecule has 0 aliphatic rings. The summed E-state index contributed by atoms with van der Waals surface area (Å²) >= 11 is 0. The van der Waals surface area contributed by atoms with E-state index in [1.807, 2.05) is 0 Å². The summed E-state index contributed by atoms with van der Waals surface area (Å²) in [5.74, 6) is -0.438. The minimum Gasteiger partial charge on any atom is -0.448 e. The van der Waals surface area contributed by atoms with E-state index in [0.29, 0.717) is 0 Å². The average Bonchev–Trinajstić information content (AvgIpc) is 2.16. The van der Waals surface area contributed by atoms with Crippen LogP contribution in [-0.2, 0) is 9.53 Å². The van der Waals surface area contributed by atoms with Crippen LogP contribution in [0.25, 0.3) is 0 Å². The summed E-state index contributed by atoms with van der Waals surface area (Å²) in [6.07, 6.45) is -0.862. The number of nitro benzene ring substituents is 1. The number of ether oxygens (including phenoxy) is 2. The Balaban J connectivity index is 2.80. The number of nitrogens with zero attached hydrogens (tertiary/aromatic N) is 1. The van der Waals surface area contributed by atoms with Gasteiger partial charge in [-0.1, -0.05) is 12.1 Å². The number of nitro groups is 1. The van der Waals surface area contributed by atoms with Gasteiger partial charge in [0, 0.05) is 19.9 Å². The molecule has 0 saturated carbocycles. The highest BCUT2D eigenvalue weighted by atomic mass is 16.7. The maximum Gasteiger partial charge on any atom is 0.311 e. The minimum absolute atomic E-state index is 0.0706. The molecule has 0 bridgehead atoms. The molecule has 0 aromatic heterocycles. The Morgan fingerprint density at radius 1 is 1.44 bits per heavy atom. The van der Waals surface area contributed by atoms with Gasteiger partial charge in [0.25, 0.3) is 0 Å². The highest BCUT2D eigenvalue weighted by Gasteiger charge is 2.17. The van der Waals surface area contributed by atoms with Gasteiger partial charge in [-0.3, -0.25) is 14.9 Å². The molecule has 0 N–H and O–H groups in total. The maximum absolute atomic E-state index is 10.6. The fourth-order valence-corrected chi connectivity index (χ4v) is 1.14.